The van der Waals surface area contributed by atoms with Crippen LogP contribution in [0.25, 0.3) is 0 Å². The second-order valence-electron chi connectivity index (χ2n) is 4.46. The molecule has 2 aromatic rings. The molecule has 2 rings (SSSR count). The predicted molar refractivity (Wildman–Crippen MR) is 77.4 cm³/mol. The van der Waals surface area contributed by atoms with Gasteiger partial charge >= 0.3 is 0 Å². The van der Waals surface area contributed by atoms with E-state index in [4.69, 9.17) is 0 Å². The van der Waals surface area contributed by atoms with E-state index in [1.165, 1.54) is 17.8 Å². The average Bonchev–Trinajstić information content (AvgIpc) is 2.40. The minimum Gasteiger partial charge on any atom is -0.293 e. The summed E-state index contributed by atoms with van der Waals surface area (Å²) < 4.78 is 13.5. The molecule has 0 aliphatic carbocycles. The Morgan fingerprint density at radius 3 is 2.63 bits per heavy atom. The summed E-state index contributed by atoms with van der Waals surface area (Å²) in [5.41, 5.74) is 2.75. The van der Waals surface area contributed by atoms with Crippen LogP contribution in [0, 0.1) is 19.7 Å². The number of aryl methyl sites for hydroxylation is 2. The molecule has 0 spiro atoms. The third-order valence-corrected chi connectivity index (χ3v) is 3.94. The van der Waals surface area contributed by atoms with Crippen molar-refractivity contribution < 1.29 is 9.18 Å². The lowest BCUT2D eigenvalue weighted by atomic mass is 10.0. The number of carbonyl (C=O) groups is 1. The number of halogens is 1. The number of rotatable bonds is 4. The van der Waals surface area contributed by atoms with Crippen LogP contribution in [-0.4, -0.2) is 11.5 Å². The van der Waals surface area contributed by atoms with Gasteiger partial charge in [-0.25, -0.2) is 4.39 Å². The number of Topliss-reactive ketones (excluding diaryl/α,β-unsaturated/α-hetero) is 1. The van der Waals surface area contributed by atoms with Crippen molar-refractivity contribution in [1.29, 1.82) is 0 Å². The van der Waals surface area contributed by atoms with Crippen molar-refractivity contribution in [2.75, 3.05) is 5.75 Å². The van der Waals surface area contributed by atoms with E-state index < -0.39 is 0 Å². The molecular formula is C16H15FOS. The summed E-state index contributed by atoms with van der Waals surface area (Å²) in [5.74, 6) is 0.0151. The van der Waals surface area contributed by atoms with Crippen LogP contribution in [0.3, 0.4) is 0 Å². The van der Waals surface area contributed by atoms with Crippen molar-refractivity contribution in [2.45, 2.75) is 18.7 Å². The van der Waals surface area contributed by atoms with Crippen LogP contribution in [0.5, 0.6) is 0 Å². The van der Waals surface area contributed by atoms with Gasteiger partial charge in [-0.1, -0.05) is 29.8 Å². The van der Waals surface area contributed by atoms with Crippen LogP contribution in [0.2, 0.25) is 0 Å². The van der Waals surface area contributed by atoms with Crippen LogP contribution in [0.15, 0.2) is 47.4 Å². The number of ketones is 1. The highest BCUT2D eigenvalue weighted by molar-refractivity contribution is 8.00. The minimum atomic E-state index is -0.277. The summed E-state index contributed by atoms with van der Waals surface area (Å²) >= 11 is 1.24. The molecule has 0 aromatic heterocycles. The van der Waals surface area contributed by atoms with Crippen molar-refractivity contribution in [3.63, 3.8) is 0 Å². The second kappa shape index (κ2) is 6.02. The Bertz CT molecular complexity index is 607. The zero-order valence-electron chi connectivity index (χ0n) is 10.9. The Morgan fingerprint density at radius 2 is 1.89 bits per heavy atom. The van der Waals surface area contributed by atoms with E-state index >= 15 is 0 Å². The van der Waals surface area contributed by atoms with Crippen LogP contribution in [-0.2, 0) is 0 Å². The fourth-order valence-corrected chi connectivity index (χ4v) is 2.64. The first-order valence-electron chi connectivity index (χ1n) is 6.05. The summed E-state index contributed by atoms with van der Waals surface area (Å²) in [5, 5.41) is 0. The highest BCUT2D eigenvalue weighted by atomic mass is 32.2. The van der Waals surface area contributed by atoms with Crippen LogP contribution < -0.4 is 0 Å². The summed E-state index contributed by atoms with van der Waals surface area (Å²) in [6, 6.07) is 12.3. The van der Waals surface area contributed by atoms with Gasteiger partial charge in [-0.05, 0) is 37.6 Å². The predicted octanol–water partition coefficient (Wildman–Crippen LogP) is 4.42. The average molecular weight is 274 g/mol. The Labute approximate surface area is 116 Å². The van der Waals surface area contributed by atoms with Gasteiger partial charge in [0, 0.05) is 10.5 Å². The molecule has 0 aliphatic heterocycles. The van der Waals surface area contributed by atoms with E-state index in [-0.39, 0.29) is 17.4 Å². The minimum absolute atomic E-state index is 0.0365. The van der Waals surface area contributed by atoms with E-state index in [1.54, 1.807) is 18.2 Å². The molecule has 19 heavy (non-hydrogen) atoms. The normalized spacial score (nSPS) is 10.5. The smallest absolute Gasteiger partial charge is 0.173 e. The van der Waals surface area contributed by atoms with Gasteiger partial charge in [-0.3, -0.25) is 4.79 Å². The Kier molecular flexibility index (Phi) is 4.38. The molecule has 98 valence electrons. The standard InChI is InChI=1S/C16H15FOS/c1-11-7-8-12(2)13(9-11)15(18)10-19-16-6-4-3-5-14(16)17/h3-9H,10H2,1-2H3. The van der Waals surface area contributed by atoms with Crippen LogP contribution >= 0.6 is 11.8 Å². The lowest BCUT2D eigenvalue weighted by molar-refractivity contribution is 0.102. The van der Waals surface area contributed by atoms with Crippen molar-refractivity contribution >= 4 is 17.5 Å². The van der Waals surface area contributed by atoms with Crippen LogP contribution in [0.4, 0.5) is 4.39 Å². The largest absolute Gasteiger partial charge is 0.293 e. The SMILES string of the molecule is Cc1ccc(C)c(C(=O)CSc2ccccc2F)c1. The first-order chi connectivity index (χ1) is 9.08. The maximum Gasteiger partial charge on any atom is 0.173 e. The van der Waals surface area contributed by atoms with Gasteiger partial charge in [0.05, 0.1) is 5.75 Å². The molecule has 0 atom stereocenters. The number of hydrogen-bond acceptors (Lipinski definition) is 2. The van der Waals surface area contributed by atoms with Gasteiger partial charge in [0.1, 0.15) is 5.82 Å². The number of benzene rings is 2. The molecule has 1 nitrogen and oxygen atoms in total. The molecule has 0 fully saturated rings. The summed E-state index contributed by atoms with van der Waals surface area (Å²) in [7, 11) is 0. The quantitative estimate of drug-likeness (QED) is 0.606. The third-order valence-electron chi connectivity index (χ3n) is 2.89. The van der Waals surface area contributed by atoms with Crippen molar-refractivity contribution in [3.8, 4) is 0 Å². The first-order valence-corrected chi connectivity index (χ1v) is 7.04. The van der Waals surface area contributed by atoms with Gasteiger partial charge < -0.3 is 0 Å². The molecule has 3 heteroatoms. The lowest BCUT2D eigenvalue weighted by Crippen LogP contribution is -2.05. The molecule has 0 amide bonds. The molecule has 0 unspecified atom stereocenters. The topological polar surface area (TPSA) is 17.1 Å². The summed E-state index contributed by atoms with van der Waals surface area (Å²) in [6.07, 6.45) is 0. The van der Waals surface area contributed by atoms with E-state index in [0.717, 1.165) is 16.7 Å². The van der Waals surface area contributed by atoms with E-state index in [9.17, 15) is 9.18 Å². The molecule has 2 aromatic carbocycles. The van der Waals surface area contributed by atoms with Crippen LogP contribution in [0.1, 0.15) is 21.5 Å². The molecule has 0 N–H and O–H groups in total. The number of carbonyl (C=O) groups excluding carboxylic acids is 1. The monoisotopic (exact) mass is 274 g/mol. The maximum atomic E-state index is 13.5. The van der Waals surface area contributed by atoms with Gasteiger partial charge in [0.15, 0.2) is 5.78 Å². The molecule has 0 radical (unpaired) electrons. The Morgan fingerprint density at radius 1 is 1.16 bits per heavy atom. The highest BCUT2D eigenvalue weighted by Gasteiger charge is 2.11. The Hall–Kier alpha value is -1.61. The summed E-state index contributed by atoms with van der Waals surface area (Å²) in [4.78, 5) is 12.7. The third kappa shape index (κ3) is 3.44. The molecule has 0 saturated heterocycles. The van der Waals surface area contributed by atoms with E-state index in [0.29, 0.717) is 4.90 Å². The first kappa shape index (κ1) is 13.8. The molecular weight excluding hydrogens is 259 g/mol. The molecule has 0 heterocycles. The van der Waals surface area contributed by atoms with E-state index in [1.807, 2.05) is 32.0 Å². The van der Waals surface area contributed by atoms with E-state index in [2.05, 4.69) is 0 Å². The number of hydrogen-bond donors (Lipinski definition) is 0. The van der Waals surface area contributed by atoms with Crippen molar-refractivity contribution in [1.82, 2.24) is 0 Å². The lowest BCUT2D eigenvalue weighted by Gasteiger charge is -2.06. The van der Waals surface area contributed by atoms with Crippen molar-refractivity contribution in [2.24, 2.45) is 0 Å². The second-order valence-corrected chi connectivity index (χ2v) is 5.48. The zero-order chi connectivity index (χ0) is 13.8. The van der Waals surface area contributed by atoms with Gasteiger partial charge in [0.2, 0.25) is 0 Å². The van der Waals surface area contributed by atoms with Gasteiger partial charge in [-0.2, -0.15) is 0 Å². The highest BCUT2D eigenvalue weighted by Crippen LogP contribution is 2.23. The molecule has 0 aliphatic rings. The zero-order valence-corrected chi connectivity index (χ0v) is 11.8. The van der Waals surface area contributed by atoms with Gasteiger partial charge in [-0.15, -0.1) is 11.8 Å². The fourth-order valence-electron chi connectivity index (χ4n) is 1.82. The van der Waals surface area contributed by atoms with Gasteiger partial charge in [0.25, 0.3) is 0 Å². The van der Waals surface area contributed by atoms with Crippen molar-refractivity contribution in [3.05, 3.63) is 65.0 Å². The summed E-state index contributed by atoms with van der Waals surface area (Å²) in [6.45, 7) is 3.88. The molecule has 0 saturated carbocycles. The fraction of sp³-hybridized carbons (Fsp3) is 0.188. The maximum absolute atomic E-state index is 13.5. The Balaban J connectivity index is 2.10. The molecule has 0 bridgehead atoms. The number of thioether (sulfide) groups is 1.